The number of nitrogens with zero attached hydrogens (tertiary/aromatic N) is 1. The number of nitrogens with two attached hydrogens (primary N) is 1. The second-order valence-electron chi connectivity index (χ2n) is 1.46. The zero-order valence-electron chi connectivity index (χ0n) is 4.46. The Balaban J connectivity index is 3.08. The average molecular weight is 127 g/mol. The average Bonchev–Trinajstić information content (AvgIpc) is 2.13. The summed E-state index contributed by atoms with van der Waals surface area (Å²) < 4.78 is 4.29. The summed E-state index contributed by atoms with van der Waals surface area (Å²) in [6.07, 6.45) is 1.01. The first kappa shape index (κ1) is 5.61. The van der Waals surface area contributed by atoms with E-state index in [1.54, 1.807) is 0 Å². The van der Waals surface area contributed by atoms with Crippen LogP contribution < -0.4 is 5.73 Å². The first-order chi connectivity index (χ1) is 4.22. The van der Waals surface area contributed by atoms with Crippen molar-refractivity contribution in [2.24, 2.45) is 5.73 Å². The van der Waals surface area contributed by atoms with Gasteiger partial charge in [0, 0.05) is 0 Å². The number of amidine groups is 1. The van der Waals surface area contributed by atoms with Crippen molar-refractivity contribution in [1.29, 1.82) is 5.41 Å². The summed E-state index contributed by atoms with van der Waals surface area (Å²) >= 11 is 0. The summed E-state index contributed by atoms with van der Waals surface area (Å²) in [4.78, 5) is 0. The minimum absolute atomic E-state index is 0.0185. The van der Waals surface area contributed by atoms with Crippen LogP contribution in [0.2, 0.25) is 0 Å². The van der Waals surface area contributed by atoms with E-state index in [1.165, 1.54) is 0 Å². The molecule has 0 aromatic carbocycles. The molecule has 0 spiro atoms. The zero-order valence-corrected chi connectivity index (χ0v) is 4.46. The molecule has 0 aliphatic rings. The summed E-state index contributed by atoms with van der Waals surface area (Å²) in [6.45, 7) is 0. The standard InChI is InChI=1S/C4H5N3O2/c5-4(6)3-2(8)1-9-7-3/h1,8H,(H3,5,6). The molecular formula is C4H5N3O2. The molecular weight excluding hydrogens is 122 g/mol. The molecule has 1 heterocycles. The number of nitrogens with one attached hydrogen (secondary N) is 1. The predicted molar refractivity (Wildman–Crippen MR) is 29.2 cm³/mol. The third-order valence-corrected chi connectivity index (χ3v) is 0.806. The van der Waals surface area contributed by atoms with Crippen molar-refractivity contribution in [3.05, 3.63) is 12.0 Å². The Bertz CT molecular complexity index is 229. The van der Waals surface area contributed by atoms with E-state index in [1.807, 2.05) is 0 Å². The number of hydrogen-bond acceptors (Lipinski definition) is 4. The Kier molecular flexibility index (Phi) is 1.11. The molecule has 0 saturated heterocycles. The van der Waals surface area contributed by atoms with E-state index in [4.69, 9.17) is 16.2 Å². The monoisotopic (exact) mass is 127 g/mol. The number of hydrogen-bond donors (Lipinski definition) is 3. The minimum atomic E-state index is -0.304. The lowest BCUT2D eigenvalue weighted by atomic mass is 10.4. The first-order valence-electron chi connectivity index (χ1n) is 2.19. The van der Waals surface area contributed by atoms with Gasteiger partial charge in [-0.25, -0.2) is 0 Å². The second-order valence-corrected chi connectivity index (χ2v) is 1.46. The molecule has 0 aliphatic heterocycles. The van der Waals surface area contributed by atoms with Gasteiger partial charge in [0.2, 0.25) is 0 Å². The summed E-state index contributed by atoms with van der Waals surface area (Å²) in [7, 11) is 0. The Hall–Kier alpha value is -1.52. The third kappa shape index (κ3) is 0.835. The number of nitrogen functional groups attached to an aromatic ring is 1. The van der Waals surface area contributed by atoms with Crippen LogP contribution in [0.5, 0.6) is 5.75 Å². The van der Waals surface area contributed by atoms with Gasteiger partial charge in [-0.05, 0) is 0 Å². The Morgan fingerprint density at radius 2 is 2.56 bits per heavy atom. The van der Waals surface area contributed by atoms with Crippen LogP contribution in [-0.4, -0.2) is 16.1 Å². The SMILES string of the molecule is N=C(N)c1nocc1O. The lowest BCUT2D eigenvalue weighted by Gasteiger charge is -1.86. The van der Waals surface area contributed by atoms with Crippen LogP contribution in [0.3, 0.4) is 0 Å². The molecule has 5 nitrogen and oxygen atoms in total. The molecule has 0 saturated carbocycles. The molecule has 1 rings (SSSR count). The fourth-order valence-electron chi connectivity index (χ4n) is 0.419. The molecule has 0 unspecified atom stereocenters. The molecule has 0 bridgehead atoms. The smallest absolute Gasteiger partial charge is 0.189 e. The Morgan fingerprint density at radius 1 is 1.89 bits per heavy atom. The maximum absolute atomic E-state index is 8.74. The normalized spacial score (nSPS) is 9.33. The largest absolute Gasteiger partial charge is 0.503 e. The van der Waals surface area contributed by atoms with Gasteiger partial charge < -0.3 is 15.4 Å². The summed E-state index contributed by atoms with van der Waals surface area (Å²) in [5.74, 6) is -0.510. The molecule has 0 fully saturated rings. The summed E-state index contributed by atoms with van der Waals surface area (Å²) in [6, 6.07) is 0. The van der Waals surface area contributed by atoms with E-state index in [0.717, 1.165) is 6.26 Å². The molecule has 0 amide bonds. The molecule has 1 aromatic heterocycles. The second kappa shape index (κ2) is 1.77. The molecule has 0 atom stereocenters. The van der Waals surface area contributed by atoms with Gasteiger partial charge in [0.1, 0.15) is 5.84 Å². The van der Waals surface area contributed by atoms with Crippen LogP contribution in [0.25, 0.3) is 0 Å². The molecule has 0 radical (unpaired) electrons. The van der Waals surface area contributed by atoms with Crippen molar-refractivity contribution < 1.29 is 9.63 Å². The molecule has 4 N–H and O–H groups in total. The van der Waals surface area contributed by atoms with E-state index in [2.05, 4.69) is 9.68 Å². The lowest BCUT2D eigenvalue weighted by molar-refractivity contribution is 0.407. The van der Waals surface area contributed by atoms with Crippen LogP contribution in [-0.2, 0) is 0 Å². The summed E-state index contributed by atoms with van der Waals surface area (Å²) in [5, 5.41) is 18.8. The van der Waals surface area contributed by atoms with Crippen molar-refractivity contribution in [2.75, 3.05) is 0 Å². The van der Waals surface area contributed by atoms with Crippen LogP contribution in [0, 0.1) is 5.41 Å². The Labute approximate surface area is 50.6 Å². The van der Waals surface area contributed by atoms with Crippen LogP contribution >= 0.6 is 0 Å². The van der Waals surface area contributed by atoms with E-state index in [-0.39, 0.29) is 17.3 Å². The molecule has 48 valence electrons. The van der Waals surface area contributed by atoms with Gasteiger partial charge >= 0.3 is 0 Å². The third-order valence-electron chi connectivity index (χ3n) is 0.806. The van der Waals surface area contributed by atoms with Gasteiger partial charge in [0.25, 0.3) is 0 Å². The Morgan fingerprint density at radius 3 is 2.78 bits per heavy atom. The summed E-state index contributed by atoms with van der Waals surface area (Å²) in [5.41, 5.74) is 4.94. The fraction of sp³-hybridized carbons (Fsp3) is 0. The van der Waals surface area contributed by atoms with Crippen molar-refractivity contribution in [3.8, 4) is 5.75 Å². The zero-order chi connectivity index (χ0) is 6.85. The molecule has 5 heteroatoms. The number of rotatable bonds is 1. The van der Waals surface area contributed by atoms with Gasteiger partial charge in [-0.1, -0.05) is 5.16 Å². The highest BCUT2D eigenvalue weighted by Gasteiger charge is 2.06. The van der Waals surface area contributed by atoms with Crippen LogP contribution in [0.1, 0.15) is 5.69 Å². The van der Waals surface area contributed by atoms with Gasteiger partial charge in [0.05, 0.1) is 0 Å². The lowest BCUT2D eigenvalue weighted by Crippen LogP contribution is -2.11. The first-order valence-corrected chi connectivity index (χ1v) is 2.19. The number of aromatic nitrogens is 1. The van der Waals surface area contributed by atoms with Crippen molar-refractivity contribution >= 4 is 5.84 Å². The molecule has 0 aliphatic carbocycles. The van der Waals surface area contributed by atoms with Gasteiger partial charge in [-0.15, -0.1) is 0 Å². The highest BCUT2D eigenvalue weighted by molar-refractivity contribution is 5.95. The highest BCUT2D eigenvalue weighted by atomic mass is 16.5. The van der Waals surface area contributed by atoms with Crippen LogP contribution in [0.4, 0.5) is 0 Å². The maximum Gasteiger partial charge on any atom is 0.189 e. The quantitative estimate of drug-likeness (QED) is 0.355. The molecule has 1 aromatic rings. The van der Waals surface area contributed by atoms with E-state index in [0.29, 0.717) is 0 Å². The molecule has 9 heavy (non-hydrogen) atoms. The van der Waals surface area contributed by atoms with E-state index < -0.39 is 0 Å². The topological polar surface area (TPSA) is 96.1 Å². The van der Waals surface area contributed by atoms with Gasteiger partial charge in [0.15, 0.2) is 17.7 Å². The van der Waals surface area contributed by atoms with Crippen molar-refractivity contribution in [3.63, 3.8) is 0 Å². The fourth-order valence-corrected chi connectivity index (χ4v) is 0.419. The van der Waals surface area contributed by atoms with Crippen molar-refractivity contribution in [2.45, 2.75) is 0 Å². The van der Waals surface area contributed by atoms with Crippen molar-refractivity contribution in [1.82, 2.24) is 5.16 Å². The van der Waals surface area contributed by atoms with E-state index >= 15 is 0 Å². The van der Waals surface area contributed by atoms with Crippen LogP contribution in [0.15, 0.2) is 10.8 Å². The maximum atomic E-state index is 8.74. The highest BCUT2D eigenvalue weighted by Crippen LogP contribution is 2.11. The number of aromatic hydroxyl groups is 1. The van der Waals surface area contributed by atoms with E-state index in [9.17, 15) is 0 Å². The van der Waals surface area contributed by atoms with Gasteiger partial charge in [-0.3, -0.25) is 5.41 Å². The predicted octanol–water partition coefficient (Wildman–Crippen LogP) is -0.336. The minimum Gasteiger partial charge on any atom is -0.503 e. The van der Waals surface area contributed by atoms with Gasteiger partial charge in [-0.2, -0.15) is 0 Å².